The van der Waals surface area contributed by atoms with Crippen LogP contribution in [0.5, 0.6) is 0 Å². The fourth-order valence-electron chi connectivity index (χ4n) is 2.86. The number of nitrogens with one attached hydrogen (secondary N) is 2. The summed E-state index contributed by atoms with van der Waals surface area (Å²) < 4.78 is 25.3. The molecule has 1 aliphatic rings. The van der Waals surface area contributed by atoms with Crippen LogP contribution in [0, 0.1) is 0 Å². The summed E-state index contributed by atoms with van der Waals surface area (Å²) >= 11 is 7.35. The maximum Gasteiger partial charge on any atom is 0.225 e. The summed E-state index contributed by atoms with van der Waals surface area (Å²) in [7, 11) is -3.66. The van der Waals surface area contributed by atoms with E-state index in [1.165, 1.54) is 23.9 Å². The van der Waals surface area contributed by atoms with Crippen molar-refractivity contribution in [3.05, 3.63) is 53.1 Å². The molecule has 29 heavy (non-hydrogen) atoms. The third kappa shape index (κ3) is 5.98. The maximum absolute atomic E-state index is 12.7. The van der Waals surface area contributed by atoms with Crippen LogP contribution in [0.3, 0.4) is 0 Å². The highest BCUT2D eigenvalue weighted by atomic mass is 35.5. The quantitative estimate of drug-likeness (QED) is 0.698. The molecule has 0 spiro atoms. The first-order chi connectivity index (χ1) is 13.7. The number of hydrogen-bond acceptors (Lipinski definition) is 5. The minimum atomic E-state index is -3.66. The Morgan fingerprint density at radius 1 is 1.24 bits per heavy atom. The van der Waals surface area contributed by atoms with Crippen LogP contribution >= 0.6 is 23.4 Å². The van der Waals surface area contributed by atoms with Crippen molar-refractivity contribution in [3.63, 3.8) is 0 Å². The molecule has 0 fully saturated rings. The molecule has 0 saturated heterocycles. The van der Waals surface area contributed by atoms with Gasteiger partial charge in [0, 0.05) is 34.6 Å². The Kier molecular flexibility index (Phi) is 6.87. The zero-order valence-corrected chi connectivity index (χ0v) is 18.2. The highest BCUT2D eigenvalue weighted by molar-refractivity contribution is 8.00. The molecule has 0 radical (unpaired) electrons. The highest BCUT2D eigenvalue weighted by Crippen LogP contribution is 2.36. The molecule has 2 N–H and O–H groups in total. The zero-order chi connectivity index (χ0) is 21.0. The standard InChI is InChI=1S/C20H21ClN2O4S2/c1-13-10-20(25)23-17-11-16(6-7-18(17)28-13)29(26,27)9-8-19(24)22-12-14-2-4-15(21)5-3-14/h2-7,11,13H,8-10,12H2,1H3,(H,22,24)(H,23,25). The Morgan fingerprint density at radius 2 is 1.97 bits per heavy atom. The fraction of sp³-hybridized carbons (Fsp3) is 0.300. The molecule has 1 aliphatic heterocycles. The average molecular weight is 453 g/mol. The van der Waals surface area contributed by atoms with Crippen LogP contribution in [0.4, 0.5) is 5.69 Å². The number of fused-ring (bicyclic) bond motifs is 1. The van der Waals surface area contributed by atoms with Gasteiger partial charge in [-0.1, -0.05) is 30.7 Å². The van der Waals surface area contributed by atoms with E-state index in [1.807, 2.05) is 6.92 Å². The number of anilines is 1. The van der Waals surface area contributed by atoms with Gasteiger partial charge in [0.15, 0.2) is 9.84 Å². The van der Waals surface area contributed by atoms with E-state index in [-0.39, 0.29) is 34.1 Å². The van der Waals surface area contributed by atoms with Crippen molar-refractivity contribution < 1.29 is 18.0 Å². The molecule has 9 heteroatoms. The van der Waals surface area contributed by atoms with E-state index < -0.39 is 9.84 Å². The normalized spacial score (nSPS) is 16.5. The summed E-state index contributed by atoms with van der Waals surface area (Å²) in [5.74, 6) is -0.800. The highest BCUT2D eigenvalue weighted by Gasteiger charge is 2.22. The molecule has 3 rings (SSSR count). The van der Waals surface area contributed by atoms with Crippen molar-refractivity contribution in [3.8, 4) is 0 Å². The van der Waals surface area contributed by atoms with Gasteiger partial charge in [-0.3, -0.25) is 9.59 Å². The van der Waals surface area contributed by atoms with Gasteiger partial charge in [-0.05, 0) is 35.9 Å². The second-order valence-electron chi connectivity index (χ2n) is 6.81. The molecular formula is C20H21ClN2O4S2. The first-order valence-electron chi connectivity index (χ1n) is 9.07. The summed E-state index contributed by atoms with van der Waals surface area (Å²) in [6, 6.07) is 11.7. The van der Waals surface area contributed by atoms with Crippen LogP contribution in [-0.4, -0.2) is 31.2 Å². The lowest BCUT2D eigenvalue weighted by Gasteiger charge is -2.11. The topological polar surface area (TPSA) is 92.3 Å². The Hall–Kier alpha value is -2.03. The molecule has 1 unspecified atom stereocenters. The van der Waals surface area contributed by atoms with Gasteiger partial charge in [-0.2, -0.15) is 0 Å². The number of amides is 2. The van der Waals surface area contributed by atoms with Crippen LogP contribution in [0.2, 0.25) is 5.02 Å². The van der Waals surface area contributed by atoms with Gasteiger partial charge in [0.1, 0.15) is 0 Å². The van der Waals surface area contributed by atoms with Crippen LogP contribution in [-0.2, 0) is 26.0 Å². The lowest BCUT2D eigenvalue weighted by atomic mass is 10.2. The number of halogens is 1. The van der Waals surface area contributed by atoms with Crippen molar-refractivity contribution in [2.45, 2.75) is 41.4 Å². The number of carbonyl (C=O) groups is 2. The van der Waals surface area contributed by atoms with Gasteiger partial charge in [0.05, 0.1) is 16.3 Å². The van der Waals surface area contributed by atoms with E-state index in [9.17, 15) is 18.0 Å². The van der Waals surface area contributed by atoms with E-state index >= 15 is 0 Å². The second kappa shape index (κ2) is 9.19. The van der Waals surface area contributed by atoms with Crippen molar-refractivity contribution in [2.75, 3.05) is 11.1 Å². The van der Waals surface area contributed by atoms with E-state index in [0.29, 0.717) is 23.7 Å². The number of carbonyl (C=O) groups excluding carboxylic acids is 2. The molecule has 0 saturated carbocycles. The summed E-state index contributed by atoms with van der Waals surface area (Å²) in [5.41, 5.74) is 1.37. The summed E-state index contributed by atoms with van der Waals surface area (Å²) in [6.07, 6.45) is 0.223. The molecule has 0 aliphatic carbocycles. The lowest BCUT2D eigenvalue weighted by Crippen LogP contribution is -2.25. The van der Waals surface area contributed by atoms with Gasteiger partial charge in [0.2, 0.25) is 11.8 Å². The van der Waals surface area contributed by atoms with Gasteiger partial charge in [-0.25, -0.2) is 8.42 Å². The molecule has 2 amide bonds. The summed E-state index contributed by atoms with van der Waals surface area (Å²) in [6.45, 7) is 2.25. The van der Waals surface area contributed by atoms with Gasteiger partial charge >= 0.3 is 0 Å². The van der Waals surface area contributed by atoms with Crippen LogP contribution < -0.4 is 10.6 Å². The first kappa shape index (κ1) is 21.7. The molecule has 1 atom stereocenters. The minimum absolute atomic E-state index is 0.0946. The number of sulfone groups is 1. The SMILES string of the molecule is CC1CC(=O)Nc2cc(S(=O)(=O)CCC(=O)NCc3ccc(Cl)cc3)ccc2S1. The van der Waals surface area contributed by atoms with Crippen molar-refractivity contribution in [1.29, 1.82) is 0 Å². The number of hydrogen-bond donors (Lipinski definition) is 2. The maximum atomic E-state index is 12.7. The van der Waals surface area contributed by atoms with Crippen molar-refractivity contribution in [2.24, 2.45) is 0 Å². The smallest absolute Gasteiger partial charge is 0.225 e. The Labute approximate surface area is 179 Å². The number of benzene rings is 2. The van der Waals surface area contributed by atoms with Crippen LogP contribution in [0.1, 0.15) is 25.3 Å². The van der Waals surface area contributed by atoms with E-state index in [4.69, 9.17) is 11.6 Å². The predicted molar refractivity (Wildman–Crippen MR) is 115 cm³/mol. The zero-order valence-electron chi connectivity index (χ0n) is 15.8. The summed E-state index contributed by atoms with van der Waals surface area (Å²) in [5, 5.41) is 6.19. The lowest BCUT2D eigenvalue weighted by molar-refractivity contribution is -0.121. The Balaban J connectivity index is 1.61. The molecular weight excluding hydrogens is 432 g/mol. The molecule has 2 aromatic carbocycles. The predicted octanol–water partition coefficient (Wildman–Crippen LogP) is 3.64. The third-order valence-corrected chi connectivity index (χ3v) is 7.53. The Bertz CT molecular complexity index is 1020. The molecule has 1 heterocycles. The van der Waals surface area contributed by atoms with Gasteiger partial charge < -0.3 is 10.6 Å². The Morgan fingerprint density at radius 3 is 2.69 bits per heavy atom. The van der Waals surface area contributed by atoms with Crippen molar-refractivity contribution >= 4 is 50.7 Å². The van der Waals surface area contributed by atoms with E-state index in [1.54, 1.807) is 30.3 Å². The monoisotopic (exact) mass is 452 g/mol. The van der Waals surface area contributed by atoms with E-state index in [2.05, 4.69) is 10.6 Å². The third-order valence-electron chi connectivity index (χ3n) is 4.39. The first-order valence-corrected chi connectivity index (χ1v) is 12.0. The van der Waals surface area contributed by atoms with Crippen molar-refractivity contribution in [1.82, 2.24) is 5.32 Å². The molecule has 2 aromatic rings. The average Bonchev–Trinajstić information content (AvgIpc) is 2.81. The number of thioether (sulfide) groups is 1. The number of rotatable bonds is 6. The van der Waals surface area contributed by atoms with Crippen LogP contribution in [0.25, 0.3) is 0 Å². The van der Waals surface area contributed by atoms with Gasteiger partial charge in [-0.15, -0.1) is 11.8 Å². The summed E-state index contributed by atoms with van der Waals surface area (Å²) in [4.78, 5) is 24.9. The molecule has 6 nitrogen and oxygen atoms in total. The minimum Gasteiger partial charge on any atom is -0.352 e. The van der Waals surface area contributed by atoms with Gasteiger partial charge in [0.25, 0.3) is 0 Å². The molecule has 0 bridgehead atoms. The van der Waals surface area contributed by atoms with E-state index in [0.717, 1.165) is 10.5 Å². The second-order valence-corrected chi connectivity index (χ2v) is 10.8. The largest absolute Gasteiger partial charge is 0.352 e. The fourth-order valence-corrected chi connectivity index (χ4v) is 5.30. The molecule has 0 aromatic heterocycles. The van der Waals surface area contributed by atoms with Crippen LogP contribution in [0.15, 0.2) is 52.3 Å². The molecule has 154 valence electrons.